The Morgan fingerprint density at radius 2 is 1.08 bits per heavy atom. The lowest BCUT2D eigenvalue weighted by Gasteiger charge is -2.28. The Balaban J connectivity index is 4.37. The molecule has 0 aliphatic rings. The van der Waals surface area contributed by atoms with Crippen molar-refractivity contribution < 1.29 is 37.3 Å². The molecule has 53 heavy (non-hydrogen) atoms. The minimum absolute atomic E-state index is 0.0140. The molecule has 0 spiro atoms. The molecule has 2 atom stereocenters. The number of unbranched alkanes of at least 4 members (excludes halogenated alkanes) is 14. The summed E-state index contributed by atoms with van der Waals surface area (Å²) in [7, 11) is 1.31. The van der Waals surface area contributed by atoms with Gasteiger partial charge in [0.25, 0.3) is 7.82 Å². The van der Waals surface area contributed by atoms with Gasteiger partial charge in [-0.05, 0) is 51.4 Å². The molecule has 0 aliphatic carbocycles. The van der Waals surface area contributed by atoms with Crippen molar-refractivity contribution in [2.24, 2.45) is 0 Å². The van der Waals surface area contributed by atoms with Crippen molar-refractivity contribution in [2.45, 2.75) is 161 Å². The summed E-state index contributed by atoms with van der Waals surface area (Å²) in [5, 5.41) is 0. The fourth-order valence-corrected chi connectivity index (χ4v) is 6.07. The molecule has 0 amide bonds. The zero-order valence-electron chi connectivity index (χ0n) is 34.7. The number of quaternary nitrogens is 1. The highest BCUT2D eigenvalue weighted by Crippen LogP contribution is 2.38. The summed E-state index contributed by atoms with van der Waals surface area (Å²) in [6.07, 6.45) is 45.2. The van der Waals surface area contributed by atoms with E-state index in [1.807, 2.05) is 21.1 Å². The van der Waals surface area contributed by atoms with Crippen LogP contribution in [-0.2, 0) is 27.9 Å². The summed E-state index contributed by atoms with van der Waals surface area (Å²) in [5.41, 5.74) is 0. The van der Waals surface area contributed by atoms with Crippen molar-refractivity contribution in [3.8, 4) is 0 Å². The molecule has 0 heterocycles. The maximum absolute atomic E-state index is 12.6. The van der Waals surface area contributed by atoms with Crippen molar-refractivity contribution in [3.05, 3.63) is 60.8 Å². The average molecular weight is 766 g/mol. The van der Waals surface area contributed by atoms with Crippen LogP contribution in [0.4, 0.5) is 0 Å². The first-order chi connectivity index (χ1) is 25.6. The zero-order chi connectivity index (χ0) is 39.1. The third-order valence-corrected chi connectivity index (χ3v) is 9.55. The number of hydrogen-bond acceptors (Lipinski definition) is 7. The summed E-state index contributed by atoms with van der Waals surface area (Å²) in [6.45, 7) is 5.21. The van der Waals surface area contributed by atoms with Gasteiger partial charge in [0.2, 0.25) is 0 Å². The van der Waals surface area contributed by atoms with E-state index in [9.17, 15) is 14.3 Å². The van der Waals surface area contributed by atoms with Crippen molar-refractivity contribution in [3.63, 3.8) is 0 Å². The first kappa shape index (κ1) is 51.2. The molecule has 0 aliphatic heterocycles. The summed E-state index contributed by atoms with van der Waals surface area (Å²) in [4.78, 5) is 25.0. The van der Waals surface area contributed by atoms with E-state index in [2.05, 4.69) is 74.6 Å². The lowest BCUT2D eigenvalue weighted by molar-refractivity contribution is -0.870. The third kappa shape index (κ3) is 41.2. The summed E-state index contributed by atoms with van der Waals surface area (Å²) in [6, 6.07) is 0. The molecule has 0 rings (SSSR count). The molecule has 0 bridgehead atoms. The van der Waals surface area contributed by atoms with E-state index in [-0.39, 0.29) is 26.2 Å². The molecular formula is C44H80NO7P. The highest BCUT2D eigenvalue weighted by Gasteiger charge is 2.20. The lowest BCUT2D eigenvalue weighted by Crippen LogP contribution is -2.37. The number of carbonyl (C=O) groups is 1. The van der Waals surface area contributed by atoms with Crippen LogP contribution in [0, 0.1) is 0 Å². The van der Waals surface area contributed by atoms with Gasteiger partial charge < -0.3 is 27.9 Å². The van der Waals surface area contributed by atoms with Crippen LogP contribution in [0.2, 0.25) is 0 Å². The molecule has 0 fully saturated rings. The fraction of sp³-hybridized carbons (Fsp3) is 0.750. The molecule has 308 valence electrons. The smallest absolute Gasteiger partial charge is 0.306 e. The highest BCUT2D eigenvalue weighted by atomic mass is 31.2. The van der Waals surface area contributed by atoms with Crippen LogP contribution in [0.25, 0.3) is 0 Å². The van der Waals surface area contributed by atoms with Crippen LogP contribution in [0.15, 0.2) is 60.8 Å². The van der Waals surface area contributed by atoms with Crippen molar-refractivity contribution in [2.75, 3.05) is 54.1 Å². The van der Waals surface area contributed by atoms with Crippen LogP contribution < -0.4 is 4.89 Å². The second-order valence-corrected chi connectivity index (χ2v) is 16.4. The number of likely N-dealkylation sites (N-methyl/N-ethyl adjacent to an activating group) is 1. The number of nitrogens with zero attached hydrogens (tertiary/aromatic N) is 1. The Morgan fingerprint density at radius 1 is 0.604 bits per heavy atom. The van der Waals surface area contributed by atoms with Crippen LogP contribution in [0.1, 0.15) is 155 Å². The minimum Gasteiger partial charge on any atom is -0.756 e. The molecule has 0 saturated carbocycles. The van der Waals surface area contributed by atoms with E-state index in [4.69, 9.17) is 18.5 Å². The van der Waals surface area contributed by atoms with Crippen molar-refractivity contribution in [1.82, 2.24) is 0 Å². The number of ether oxygens (including phenoxy) is 2. The molecule has 0 radical (unpaired) electrons. The monoisotopic (exact) mass is 766 g/mol. The first-order valence-electron chi connectivity index (χ1n) is 21.0. The normalized spacial score (nSPS) is 14.5. The van der Waals surface area contributed by atoms with Crippen LogP contribution >= 0.6 is 7.82 Å². The Labute approximate surface area is 326 Å². The Bertz CT molecular complexity index is 1030. The predicted octanol–water partition coefficient (Wildman–Crippen LogP) is 11.5. The summed E-state index contributed by atoms with van der Waals surface area (Å²) < 4.78 is 34.5. The Morgan fingerprint density at radius 3 is 1.57 bits per heavy atom. The minimum atomic E-state index is -4.54. The van der Waals surface area contributed by atoms with Crippen molar-refractivity contribution in [1.29, 1.82) is 0 Å². The molecule has 0 aromatic heterocycles. The molecule has 0 aromatic rings. The van der Waals surface area contributed by atoms with E-state index < -0.39 is 19.9 Å². The lowest BCUT2D eigenvalue weighted by atomic mass is 10.0. The van der Waals surface area contributed by atoms with E-state index in [1.54, 1.807) is 0 Å². The molecule has 0 N–H and O–H groups in total. The van der Waals surface area contributed by atoms with Gasteiger partial charge in [0.15, 0.2) is 0 Å². The molecule has 0 saturated heterocycles. The van der Waals surface area contributed by atoms with Gasteiger partial charge in [0, 0.05) is 13.0 Å². The van der Waals surface area contributed by atoms with Crippen LogP contribution in [0.3, 0.4) is 0 Å². The van der Waals surface area contributed by atoms with Gasteiger partial charge in [0.05, 0.1) is 34.4 Å². The van der Waals surface area contributed by atoms with Gasteiger partial charge >= 0.3 is 5.97 Å². The number of rotatable bonds is 38. The molecule has 8 nitrogen and oxygen atoms in total. The van der Waals surface area contributed by atoms with Gasteiger partial charge in [0.1, 0.15) is 19.3 Å². The van der Waals surface area contributed by atoms with Gasteiger partial charge in [-0.2, -0.15) is 0 Å². The van der Waals surface area contributed by atoms with Gasteiger partial charge in [-0.15, -0.1) is 0 Å². The highest BCUT2D eigenvalue weighted by molar-refractivity contribution is 7.45. The maximum Gasteiger partial charge on any atom is 0.306 e. The van der Waals surface area contributed by atoms with E-state index in [0.29, 0.717) is 24.1 Å². The molecular weight excluding hydrogens is 685 g/mol. The van der Waals surface area contributed by atoms with Gasteiger partial charge in [-0.3, -0.25) is 9.36 Å². The molecule has 9 heteroatoms. The second-order valence-electron chi connectivity index (χ2n) is 15.0. The van der Waals surface area contributed by atoms with E-state index in [1.165, 1.54) is 77.0 Å². The predicted molar refractivity (Wildman–Crippen MR) is 222 cm³/mol. The number of phosphoric ester groups is 1. The Kier molecular flexibility index (Phi) is 35.9. The third-order valence-electron chi connectivity index (χ3n) is 8.58. The number of carbonyl (C=O) groups excluding carboxylic acids is 1. The average Bonchev–Trinajstić information content (AvgIpc) is 3.11. The number of hydrogen-bond donors (Lipinski definition) is 0. The molecule has 2 unspecified atom stereocenters. The maximum atomic E-state index is 12.6. The van der Waals surface area contributed by atoms with Gasteiger partial charge in [-0.1, -0.05) is 158 Å². The van der Waals surface area contributed by atoms with E-state index >= 15 is 0 Å². The second kappa shape index (κ2) is 37.1. The quantitative estimate of drug-likeness (QED) is 0.0203. The summed E-state index contributed by atoms with van der Waals surface area (Å²) in [5.74, 6) is -0.391. The Hall–Kier alpha value is -1.80. The fourth-order valence-electron chi connectivity index (χ4n) is 5.35. The number of phosphoric acid groups is 1. The SMILES string of the molecule is CCC=CCC=CCC=CCC=CCC=CCCCC(=O)OC(COCCCCCCCCCCCCCCCC)COP(=O)([O-])OCC[N+](C)(C)C. The van der Waals surface area contributed by atoms with E-state index in [0.717, 1.165) is 51.4 Å². The van der Waals surface area contributed by atoms with Crippen LogP contribution in [0.5, 0.6) is 0 Å². The molecule has 0 aromatic carbocycles. The number of allylic oxidation sites excluding steroid dienone is 10. The zero-order valence-corrected chi connectivity index (χ0v) is 35.6. The topological polar surface area (TPSA) is 94.1 Å². The van der Waals surface area contributed by atoms with Gasteiger partial charge in [-0.25, -0.2) is 0 Å². The number of esters is 1. The van der Waals surface area contributed by atoms with Crippen molar-refractivity contribution >= 4 is 13.8 Å². The first-order valence-corrected chi connectivity index (χ1v) is 22.5. The standard InChI is InChI=1S/C44H80NO7P/c1-6-8-10-12-14-16-18-20-22-23-24-25-27-29-31-33-35-37-44(46)52-43(42-51-53(47,48)50-40-38-45(3,4)5)41-49-39-36-34-32-30-28-26-21-19-17-15-13-11-9-7-2/h8,10,14,16,20,22,24-25,29,31,43H,6-7,9,11-13,15,17-19,21,23,26-28,30,32-42H2,1-5H3. The van der Waals surface area contributed by atoms with Crippen LogP contribution in [-0.4, -0.2) is 70.7 Å². The summed E-state index contributed by atoms with van der Waals surface area (Å²) >= 11 is 0. The largest absolute Gasteiger partial charge is 0.756 e.